The van der Waals surface area contributed by atoms with Gasteiger partial charge in [-0.3, -0.25) is 0 Å². The largest absolute Gasteiger partial charge is 0.478 e. The highest BCUT2D eigenvalue weighted by molar-refractivity contribution is 5.90. The fourth-order valence-electron chi connectivity index (χ4n) is 1.42. The predicted octanol–water partition coefficient (Wildman–Crippen LogP) is 1.31. The summed E-state index contributed by atoms with van der Waals surface area (Å²) in [5.41, 5.74) is 1.45. The van der Waals surface area contributed by atoms with E-state index in [-0.39, 0.29) is 12.2 Å². The Hall–Kier alpha value is -1.86. The van der Waals surface area contributed by atoms with Gasteiger partial charge >= 0.3 is 5.97 Å². The summed E-state index contributed by atoms with van der Waals surface area (Å²) in [5, 5.41) is 26.7. The molecule has 0 saturated heterocycles. The van der Waals surface area contributed by atoms with E-state index in [1.807, 2.05) is 13.0 Å². The normalized spacial score (nSPS) is 9.67. The van der Waals surface area contributed by atoms with E-state index in [1.165, 1.54) is 12.1 Å². The van der Waals surface area contributed by atoms with Crippen LogP contribution < -0.4 is 0 Å². The maximum absolute atomic E-state index is 10.9. The van der Waals surface area contributed by atoms with Crippen molar-refractivity contribution in [1.29, 1.82) is 5.26 Å². The van der Waals surface area contributed by atoms with Crippen LogP contribution in [0.5, 0.6) is 0 Å². The van der Waals surface area contributed by atoms with Crippen LogP contribution >= 0.6 is 0 Å². The summed E-state index contributed by atoms with van der Waals surface area (Å²) in [6, 6.07) is 4.82. The Morgan fingerprint density at radius 2 is 2.13 bits per heavy atom. The number of aryl methyl sites for hydroxylation is 1. The Morgan fingerprint density at radius 3 is 2.53 bits per heavy atom. The lowest BCUT2D eigenvalue weighted by atomic mass is 9.98. The second-order valence-corrected chi connectivity index (χ2v) is 3.10. The van der Waals surface area contributed by atoms with Gasteiger partial charge in [0.05, 0.1) is 23.8 Å². The molecule has 78 valence electrons. The van der Waals surface area contributed by atoms with Crippen molar-refractivity contribution in [1.82, 2.24) is 0 Å². The van der Waals surface area contributed by atoms with Gasteiger partial charge in [0.2, 0.25) is 0 Å². The Kier molecular flexibility index (Phi) is 3.42. The Balaban J connectivity index is 3.42. The van der Waals surface area contributed by atoms with E-state index in [0.29, 0.717) is 23.1 Å². The number of carbonyl (C=O) groups is 1. The molecule has 0 aliphatic carbocycles. The predicted molar refractivity (Wildman–Crippen MR) is 53.4 cm³/mol. The monoisotopic (exact) mass is 205 g/mol. The highest BCUT2D eigenvalue weighted by Crippen LogP contribution is 2.17. The molecular weight excluding hydrogens is 194 g/mol. The molecule has 0 spiro atoms. The van der Waals surface area contributed by atoms with Crippen LogP contribution in [0.4, 0.5) is 0 Å². The van der Waals surface area contributed by atoms with E-state index in [1.54, 1.807) is 0 Å². The first kappa shape index (κ1) is 11.2. The summed E-state index contributed by atoms with van der Waals surface area (Å²) in [6.45, 7) is 1.49. The summed E-state index contributed by atoms with van der Waals surface area (Å²) in [4.78, 5) is 10.9. The number of aromatic carboxylic acids is 1. The lowest BCUT2D eigenvalue weighted by molar-refractivity contribution is 0.0695. The lowest BCUT2D eigenvalue weighted by Crippen LogP contribution is -2.05. The summed E-state index contributed by atoms with van der Waals surface area (Å²) in [7, 11) is 0. The molecule has 0 bridgehead atoms. The van der Waals surface area contributed by atoms with Gasteiger partial charge in [0, 0.05) is 0 Å². The lowest BCUT2D eigenvalue weighted by Gasteiger charge is -2.07. The summed E-state index contributed by atoms with van der Waals surface area (Å²) >= 11 is 0. The van der Waals surface area contributed by atoms with Crippen molar-refractivity contribution < 1.29 is 15.0 Å². The van der Waals surface area contributed by atoms with Gasteiger partial charge in [0.1, 0.15) is 0 Å². The molecule has 0 radical (unpaired) electrons. The number of aliphatic hydroxyl groups is 1. The first-order valence-corrected chi connectivity index (χ1v) is 4.54. The van der Waals surface area contributed by atoms with Gasteiger partial charge in [-0.2, -0.15) is 5.26 Å². The van der Waals surface area contributed by atoms with E-state index in [2.05, 4.69) is 0 Å². The van der Waals surface area contributed by atoms with Gasteiger partial charge in [-0.25, -0.2) is 4.79 Å². The van der Waals surface area contributed by atoms with Gasteiger partial charge < -0.3 is 10.2 Å². The highest BCUT2D eigenvalue weighted by atomic mass is 16.4. The molecule has 0 fully saturated rings. The molecule has 0 unspecified atom stereocenters. The first-order valence-electron chi connectivity index (χ1n) is 4.54. The third-order valence-corrected chi connectivity index (χ3v) is 2.23. The SMILES string of the molecule is CCc1cc(C#N)c(CO)cc1C(=O)O. The minimum absolute atomic E-state index is 0.153. The minimum atomic E-state index is -1.04. The van der Waals surface area contributed by atoms with Crippen LogP contribution in [0.15, 0.2) is 12.1 Å². The second kappa shape index (κ2) is 4.58. The zero-order valence-electron chi connectivity index (χ0n) is 8.32. The number of hydrogen-bond acceptors (Lipinski definition) is 3. The van der Waals surface area contributed by atoms with Crippen LogP contribution in [0.1, 0.15) is 34.0 Å². The Bertz CT molecular complexity index is 432. The second-order valence-electron chi connectivity index (χ2n) is 3.10. The molecular formula is C11H11NO3. The Labute approximate surface area is 87.4 Å². The molecule has 0 heterocycles. The summed E-state index contributed by atoms with van der Waals surface area (Å²) in [6.07, 6.45) is 0.544. The summed E-state index contributed by atoms with van der Waals surface area (Å²) in [5.74, 6) is -1.04. The smallest absolute Gasteiger partial charge is 0.335 e. The fraction of sp³-hybridized carbons (Fsp3) is 0.273. The van der Waals surface area contributed by atoms with E-state index in [4.69, 9.17) is 15.5 Å². The molecule has 1 aromatic rings. The maximum Gasteiger partial charge on any atom is 0.335 e. The van der Waals surface area contributed by atoms with Crippen molar-refractivity contribution in [3.05, 3.63) is 34.4 Å². The zero-order valence-corrected chi connectivity index (χ0v) is 8.32. The molecule has 15 heavy (non-hydrogen) atoms. The molecule has 0 aliphatic heterocycles. The van der Waals surface area contributed by atoms with E-state index >= 15 is 0 Å². The van der Waals surface area contributed by atoms with Crippen molar-refractivity contribution in [2.45, 2.75) is 20.0 Å². The van der Waals surface area contributed by atoms with Crippen molar-refractivity contribution >= 4 is 5.97 Å². The van der Waals surface area contributed by atoms with Crippen molar-refractivity contribution in [3.63, 3.8) is 0 Å². The molecule has 0 amide bonds. The van der Waals surface area contributed by atoms with Crippen LogP contribution in [0, 0.1) is 11.3 Å². The molecule has 0 aromatic heterocycles. The topological polar surface area (TPSA) is 81.3 Å². The van der Waals surface area contributed by atoms with E-state index < -0.39 is 5.97 Å². The minimum Gasteiger partial charge on any atom is -0.478 e. The molecule has 4 heteroatoms. The Morgan fingerprint density at radius 1 is 1.47 bits per heavy atom. The standard InChI is InChI=1S/C11H11NO3/c1-2-7-3-8(5-12)9(6-13)4-10(7)11(14)15/h3-4,13H,2,6H2,1H3,(H,14,15). The molecule has 0 atom stereocenters. The average Bonchev–Trinajstić information content (AvgIpc) is 2.26. The number of hydrogen-bond donors (Lipinski definition) is 2. The number of nitriles is 1. The quantitative estimate of drug-likeness (QED) is 0.779. The van der Waals surface area contributed by atoms with Gasteiger partial charge in [-0.15, -0.1) is 0 Å². The average molecular weight is 205 g/mol. The summed E-state index contributed by atoms with van der Waals surface area (Å²) < 4.78 is 0. The van der Waals surface area contributed by atoms with E-state index in [0.717, 1.165) is 0 Å². The number of carboxylic acids is 1. The maximum atomic E-state index is 10.9. The number of aliphatic hydroxyl groups excluding tert-OH is 1. The highest BCUT2D eigenvalue weighted by Gasteiger charge is 2.13. The molecule has 0 aliphatic rings. The van der Waals surface area contributed by atoms with Crippen LogP contribution in [-0.2, 0) is 13.0 Å². The van der Waals surface area contributed by atoms with Crippen molar-refractivity contribution in [3.8, 4) is 6.07 Å². The number of nitrogens with zero attached hydrogens (tertiary/aromatic N) is 1. The van der Waals surface area contributed by atoms with Gasteiger partial charge in [0.15, 0.2) is 0 Å². The third kappa shape index (κ3) is 2.14. The molecule has 2 N–H and O–H groups in total. The van der Waals surface area contributed by atoms with Gasteiger partial charge in [-0.05, 0) is 29.7 Å². The molecule has 4 nitrogen and oxygen atoms in total. The first-order chi connectivity index (χ1) is 7.13. The fourth-order valence-corrected chi connectivity index (χ4v) is 1.42. The number of benzene rings is 1. The van der Waals surface area contributed by atoms with Crippen molar-refractivity contribution in [2.75, 3.05) is 0 Å². The van der Waals surface area contributed by atoms with Crippen LogP contribution in [0.3, 0.4) is 0 Å². The molecule has 1 rings (SSSR count). The van der Waals surface area contributed by atoms with Crippen molar-refractivity contribution in [2.24, 2.45) is 0 Å². The number of carboxylic acid groups (broad SMARTS) is 1. The van der Waals surface area contributed by atoms with Crippen LogP contribution in [0.25, 0.3) is 0 Å². The molecule has 0 saturated carbocycles. The molecule has 1 aromatic carbocycles. The van der Waals surface area contributed by atoms with Gasteiger partial charge in [-0.1, -0.05) is 6.92 Å². The van der Waals surface area contributed by atoms with E-state index in [9.17, 15) is 4.79 Å². The van der Waals surface area contributed by atoms with Crippen LogP contribution in [-0.4, -0.2) is 16.2 Å². The zero-order chi connectivity index (χ0) is 11.4. The van der Waals surface area contributed by atoms with Gasteiger partial charge in [0.25, 0.3) is 0 Å². The third-order valence-electron chi connectivity index (χ3n) is 2.23. The number of rotatable bonds is 3. The van der Waals surface area contributed by atoms with Crippen LogP contribution in [0.2, 0.25) is 0 Å².